The smallest absolute Gasteiger partial charge is 0.377 e. The molecule has 1 fully saturated rings. The van der Waals surface area contributed by atoms with Crippen molar-refractivity contribution in [1.82, 2.24) is 5.32 Å². The van der Waals surface area contributed by atoms with Crippen LogP contribution in [0, 0.1) is 5.92 Å². The summed E-state index contributed by atoms with van der Waals surface area (Å²) < 4.78 is 43.3. The molecule has 0 spiro atoms. The normalized spacial score (nSPS) is 29.4. The van der Waals surface area contributed by atoms with E-state index in [1.807, 2.05) is 6.92 Å². The molecule has 1 aliphatic carbocycles. The largest absolute Gasteiger partial charge is 0.389 e. The molecule has 1 saturated carbocycles. The summed E-state index contributed by atoms with van der Waals surface area (Å²) >= 11 is 0. The van der Waals surface area contributed by atoms with Crippen LogP contribution in [-0.2, 0) is 4.74 Å². The number of hydrogen-bond donors (Lipinski definition) is 1. The minimum Gasteiger partial charge on any atom is -0.377 e. The number of methoxy groups -OCH3 is 1. The Morgan fingerprint density at radius 2 is 1.90 bits per heavy atom. The predicted octanol–water partition coefficient (Wildman–Crippen LogP) is 4.29. The molecule has 0 aliphatic heterocycles. The Balaban J connectivity index is 2.72. The number of ether oxygens (including phenoxy) is 1. The fraction of sp³-hybridized carbons (Fsp3) is 1.00. The van der Waals surface area contributed by atoms with Gasteiger partial charge >= 0.3 is 6.18 Å². The van der Waals surface area contributed by atoms with Crippen LogP contribution in [0.1, 0.15) is 58.8 Å². The Morgan fingerprint density at radius 3 is 2.35 bits per heavy atom. The first-order chi connectivity index (χ1) is 9.33. The van der Waals surface area contributed by atoms with Gasteiger partial charge in [0, 0.05) is 19.6 Å². The Hall–Kier alpha value is -0.290. The number of hydrogen-bond acceptors (Lipinski definition) is 2. The maximum Gasteiger partial charge on any atom is 0.389 e. The Morgan fingerprint density at radius 1 is 1.30 bits per heavy atom. The first-order valence-electron chi connectivity index (χ1n) is 7.68. The van der Waals surface area contributed by atoms with Crippen molar-refractivity contribution in [2.45, 2.75) is 76.6 Å². The van der Waals surface area contributed by atoms with Crippen molar-refractivity contribution in [2.75, 3.05) is 13.7 Å². The van der Waals surface area contributed by atoms with Crippen molar-refractivity contribution in [2.24, 2.45) is 5.92 Å². The van der Waals surface area contributed by atoms with Gasteiger partial charge in [-0.25, -0.2) is 0 Å². The molecular formula is C15H28F3NO. The molecule has 1 rings (SSSR count). The van der Waals surface area contributed by atoms with Crippen LogP contribution >= 0.6 is 0 Å². The lowest BCUT2D eigenvalue weighted by atomic mass is 9.74. The lowest BCUT2D eigenvalue weighted by Gasteiger charge is -2.44. The zero-order valence-electron chi connectivity index (χ0n) is 12.9. The molecule has 5 heteroatoms. The average molecular weight is 295 g/mol. The van der Waals surface area contributed by atoms with Gasteiger partial charge < -0.3 is 10.1 Å². The summed E-state index contributed by atoms with van der Waals surface area (Å²) in [5.41, 5.74) is -0.424. The summed E-state index contributed by atoms with van der Waals surface area (Å²) in [6, 6.07) is -0.207. The third-order valence-corrected chi connectivity index (χ3v) is 4.52. The third kappa shape index (κ3) is 5.24. The van der Waals surface area contributed by atoms with Gasteiger partial charge in [0.25, 0.3) is 0 Å². The molecule has 1 unspecified atom stereocenters. The van der Waals surface area contributed by atoms with E-state index in [-0.39, 0.29) is 12.5 Å². The van der Waals surface area contributed by atoms with Crippen LogP contribution in [0.15, 0.2) is 0 Å². The summed E-state index contributed by atoms with van der Waals surface area (Å²) in [7, 11) is 1.64. The summed E-state index contributed by atoms with van der Waals surface area (Å²) in [5.74, 6) is 0.646. The zero-order chi connectivity index (χ0) is 15.2. The van der Waals surface area contributed by atoms with Crippen LogP contribution < -0.4 is 5.32 Å². The zero-order valence-corrected chi connectivity index (χ0v) is 12.9. The van der Waals surface area contributed by atoms with E-state index in [2.05, 4.69) is 12.2 Å². The van der Waals surface area contributed by atoms with Crippen LogP contribution in [0.2, 0.25) is 0 Å². The molecule has 1 N–H and O–H groups in total. The van der Waals surface area contributed by atoms with Gasteiger partial charge in [0.1, 0.15) is 0 Å². The monoisotopic (exact) mass is 295 g/mol. The van der Waals surface area contributed by atoms with Crippen LogP contribution in [0.3, 0.4) is 0 Å². The highest BCUT2D eigenvalue weighted by Gasteiger charge is 2.42. The van der Waals surface area contributed by atoms with E-state index in [0.29, 0.717) is 5.92 Å². The van der Waals surface area contributed by atoms with E-state index < -0.39 is 18.2 Å². The SMILES string of the molecule is CCCNC(CCC(F)(F)F)C1(OC)CCC(C)CC1. The second-order valence-electron chi connectivity index (χ2n) is 6.11. The topological polar surface area (TPSA) is 21.3 Å². The average Bonchev–Trinajstić information content (AvgIpc) is 2.39. The second-order valence-corrected chi connectivity index (χ2v) is 6.11. The van der Waals surface area contributed by atoms with Gasteiger partial charge in [-0.2, -0.15) is 13.2 Å². The van der Waals surface area contributed by atoms with Gasteiger partial charge in [-0.1, -0.05) is 13.8 Å². The summed E-state index contributed by atoms with van der Waals surface area (Å²) in [5, 5.41) is 3.29. The van der Waals surface area contributed by atoms with E-state index in [9.17, 15) is 13.2 Å². The van der Waals surface area contributed by atoms with Crippen LogP contribution in [0.5, 0.6) is 0 Å². The van der Waals surface area contributed by atoms with Gasteiger partial charge in [0.2, 0.25) is 0 Å². The molecule has 0 saturated heterocycles. The first-order valence-corrected chi connectivity index (χ1v) is 7.68. The fourth-order valence-electron chi connectivity index (χ4n) is 3.12. The maximum absolute atomic E-state index is 12.5. The maximum atomic E-state index is 12.5. The number of alkyl halides is 3. The van der Waals surface area contributed by atoms with Crippen molar-refractivity contribution in [3.05, 3.63) is 0 Å². The number of halogens is 3. The van der Waals surface area contributed by atoms with Crippen LogP contribution in [0.25, 0.3) is 0 Å². The minimum absolute atomic E-state index is 0.103. The Kier molecular flexibility index (Phi) is 6.79. The standard InChI is InChI=1S/C15H28F3NO/c1-4-11-19-13(7-10-15(16,17)18)14(20-3)8-5-12(2)6-9-14/h12-13,19H,4-11H2,1-3H3. The first kappa shape index (κ1) is 17.8. The van der Waals surface area contributed by atoms with E-state index in [4.69, 9.17) is 4.74 Å². The van der Waals surface area contributed by atoms with Crippen molar-refractivity contribution in [3.63, 3.8) is 0 Å². The molecule has 0 aromatic rings. The molecule has 2 nitrogen and oxygen atoms in total. The highest BCUT2D eigenvalue weighted by atomic mass is 19.4. The fourth-order valence-corrected chi connectivity index (χ4v) is 3.12. The molecule has 0 aromatic heterocycles. The molecule has 20 heavy (non-hydrogen) atoms. The molecule has 0 heterocycles. The van der Waals surface area contributed by atoms with E-state index in [1.54, 1.807) is 7.11 Å². The molecule has 0 amide bonds. The van der Waals surface area contributed by atoms with Crippen molar-refractivity contribution < 1.29 is 17.9 Å². The number of rotatable bonds is 7. The van der Waals surface area contributed by atoms with Crippen molar-refractivity contribution in [3.8, 4) is 0 Å². The molecule has 0 radical (unpaired) electrons. The molecule has 1 aliphatic rings. The van der Waals surface area contributed by atoms with Crippen molar-refractivity contribution in [1.29, 1.82) is 0 Å². The molecule has 1 atom stereocenters. The summed E-state index contributed by atoms with van der Waals surface area (Å²) in [6.45, 7) is 4.96. The molecular weight excluding hydrogens is 267 g/mol. The predicted molar refractivity (Wildman–Crippen MR) is 74.7 cm³/mol. The summed E-state index contributed by atoms with van der Waals surface area (Å²) in [4.78, 5) is 0. The lowest BCUT2D eigenvalue weighted by molar-refractivity contribution is -0.144. The van der Waals surface area contributed by atoms with E-state index >= 15 is 0 Å². The van der Waals surface area contributed by atoms with Gasteiger partial charge in [-0.3, -0.25) is 0 Å². The Bertz CT molecular complexity index is 273. The molecule has 0 aromatic carbocycles. The lowest BCUT2D eigenvalue weighted by Crippen LogP contribution is -2.54. The minimum atomic E-state index is -4.09. The van der Waals surface area contributed by atoms with E-state index in [1.165, 1.54) is 0 Å². The quantitative estimate of drug-likeness (QED) is 0.756. The third-order valence-electron chi connectivity index (χ3n) is 4.52. The highest BCUT2D eigenvalue weighted by molar-refractivity contribution is 4.96. The number of nitrogens with one attached hydrogen (secondary N) is 1. The van der Waals surface area contributed by atoms with Crippen molar-refractivity contribution >= 4 is 0 Å². The Labute approximate surface area is 120 Å². The molecule has 0 bridgehead atoms. The van der Waals surface area contributed by atoms with Crippen LogP contribution in [0.4, 0.5) is 13.2 Å². The second kappa shape index (κ2) is 7.64. The summed E-state index contributed by atoms with van der Waals surface area (Å²) in [6.07, 6.45) is -0.0509. The van der Waals surface area contributed by atoms with Crippen LogP contribution in [-0.4, -0.2) is 31.5 Å². The van der Waals surface area contributed by atoms with E-state index in [0.717, 1.165) is 38.6 Å². The van der Waals surface area contributed by atoms with Gasteiger partial charge in [0.15, 0.2) is 0 Å². The molecule has 120 valence electrons. The van der Waals surface area contributed by atoms with Gasteiger partial charge in [-0.05, 0) is 51.0 Å². The highest BCUT2D eigenvalue weighted by Crippen LogP contribution is 2.39. The van der Waals surface area contributed by atoms with Gasteiger partial charge in [-0.15, -0.1) is 0 Å². The van der Waals surface area contributed by atoms with Gasteiger partial charge in [0.05, 0.1) is 5.60 Å².